The first-order valence-corrected chi connectivity index (χ1v) is 6.46. The molecule has 1 saturated heterocycles. The molecule has 1 aromatic carbocycles. The Bertz CT molecular complexity index is 694. The normalized spacial score (nSPS) is 17.5. The lowest BCUT2D eigenvalue weighted by molar-refractivity contribution is -0.136. The fraction of sp³-hybridized carbons (Fsp3) is 0.133. The molecule has 7 heteroatoms. The summed E-state index contributed by atoms with van der Waals surface area (Å²) >= 11 is 0. The van der Waals surface area contributed by atoms with Gasteiger partial charge in [-0.1, -0.05) is 30.3 Å². The second-order valence-corrected chi connectivity index (χ2v) is 4.52. The molecule has 0 bridgehead atoms. The number of carbonyl (C=O) groups is 3. The molecule has 2 heterocycles. The maximum Gasteiger partial charge on any atom is 0.428 e. The van der Waals surface area contributed by atoms with E-state index in [0.717, 1.165) is 5.56 Å². The summed E-state index contributed by atoms with van der Waals surface area (Å²) in [4.78, 5) is 36.1. The second kappa shape index (κ2) is 5.72. The summed E-state index contributed by atoms with van der Waals surface area (Å²) in [6.45, 7) is -0.0253. The highest BCUT2D eigenvalue weighted by atomic mass is 16.6. The van der Waals surface area contributed by atoms with Gasteiger partial charge >= 0.3 is 18.2 Å². The zero-order valence-electron chi connectivity index (χ0n) is 11.3. The molecule has 0 N–H and O–H groups in total. The Morgan fingerprint density at radius 3 is 2.59 bits per heavy atom. The molecule has 2 aromatic rings. The molecule has 1 fully saturated rings. The highest BCUT2D eigenvalue weighted by molar-refractivity contribution is 6.03. The van der Waals surface area contributed by atoms with Crippen LogP contribution in [0.2, 0.25) is 0 Å². The molecule has 7 nitrogen and oxygen atoms in total. The third-order valence-corrected chi connectivity index (χ3v) is 3.08. The van der Waals surface area contributed by atoms with Crippen LogP contribution >= 0.6 is 0 Å². The number of hydrogen-bond donors (Lipinski definition) is 0. The minimum atomic E-state index is -1.26. The van der Waals surface area contributed by atoms with Crippen molar-refractivity contribution in [2.24, 2.45) is 0 Å². The van der Waals surface area contributed by atoms with Gasteiger partial charge in [-0.15, -0.1) is 0 Å². The Kier molecular flexibility index (Phi) is 3.61. The molecule has 0 saturated carbocycles. The van der Waals surface area contributed by atoms with E-state index in [2.05, 4.69) is 4.74 Å². The van der Waals surface area contributed by atoms with E-state index in [0.29, 0.717) is 4.90 Å². The molecule has 0 spiro atoms. The fourth-order valence-corrected chi connectivity index (χ4v) is 2.06. The topological polar surface area (TPSA) is 86.1 Å². The van der Waals surface area contributed by atoms with Crippen molar-refractivity contribution in [3.05, 3.63) is 60.1 Å². The Balaban J connectivity index is 1.75. The van der Waals surface area contributed by atoms with E-state index in [4.69, 9.17) is 9.15 Å². The van der Waals surface area contributed by atoms with Crippen LogP contribution < -0.4 is 0 Å². The molecule has 112 valence electrons. The van der Waals surface area contributed by atoms with Crippen molar-refractivity contribution in [3.8, 4) is 0 Å². The Hall–Kier alpha value is -3.09. The number of cyclic esters (lactones) is 2. The van der Waals surface area contributed by atoms with Gasteiger partial charge in [-0.05, 0) is 17.7 Å². The summed E-state index contributed by atoms with van der Waals surface area (Å²) in [6, 6.07) is 10.7. The molecule has 0 radical (unpaired) electrons. The first-order valence-electron chi connectivity index (χ1n) is 6.46. The summed E-state index contributed by atoms with van der Waals surface area (Å²) in [6.07, 6.45) is -0.718. The monoisotopic (exact) mass is 301 g/mol. The van der Waals surface area contributed by atoms with Crippen molar-refractivity contribution in [3.63, 3.8) is 0 Å². The number of benzene rings is 1. The minimum absolute atomic E-state index is 0.0253. The van der Waals surface area contributed by atoms with Crippen molar-refractivity contribution < 1.29 is 28.3 Å². The van der Waals surface area contributed by atoms with Gasteiger partial charge in [-0.2, -0.15) is 4.90 Å². The zero-order chi connectivity index (χ0) is 15.5. The number of ether oxygens (including phenoxy) is 2. The molecular formula is C15H11NO6. The molecule has 2 amide bonds. The minimum Gasteiger partial charge on any atom is -0.466 e. The number of carbonyl (C=O) groups excluding carboxylic acids is 3. The van der Waals surface area contributed by atoms with Gasteiger partial charge in [0.2, 0.25) is 6.04 Å². The Morgan fingerprint density at radius 1 is 1.14 bits per heavy atom. The van der Waals surface area contributed by atoms with Crippen molar-refractivity contribution in [1.82, 2.24) is 4.90 Å². The smallest absolute Gasteiger partial charge is 0.428 e. The van der Waals surface area contributed by atoms with Gasteiger partial charge < -0.3 is 13.9 Å². The van der Waals surface area contributed by atoms with Crippen LogP contribution in [-0.4, -0.2) is 23.1 Å². The molecule has 22 heavy (non-hydrogen) atoms. The number of amides is 2. The van der Waals surface area contributed by atoms with Crippen LogP contribution in [0.25, 0.3) is 0 Å². The summed E-state index contributed by atoms with van der Waals surface area (Å²) in [7, 11) is 0. The van der Waals surface area contributed by atoms with E-state index < -0.39 is 24.2 Å². The van der Waals surface area contributed by atoms with Crippen LogP contribution in [0.5, 0.6) is 0 Å². The molecular weight excluding hydrogens is 290 g/mol. The molecule has 1 aromatic heterocycles. The molecule has 0 aliphatic carbocycles. The van der Waals surface area contributed by atoms with Crippen LogP contribution in [0.3, 0.4) is 0 Å². The van der Waals surface area contributed by atoms with E-state index in [1.807, 2.05) is 6.07 Å². The summed E-state index contributed by atoms with van der Waals surface area (Å²) in [5.74, 6) is -0.746. The van der Waals surface area contributed by atoms with Gasteiger partial charge in [0.15, 0.2) is 0 Å². The lowest BCUT2D eigenvalue weighted by atomic mass is 10.2. The Labute approximate surface area is 125 Å². The fourth-order valence-electron chi connectivity index (χ4n) is 2.06. The molecule has 1 aliphatic heterocycles. The summed E-state index contributed by atoms with van der Waals surface area (Å²) in [5.41, 5.74) is 0.754. The van der Waals surface area contributed by atoms with Crippen LogP contribution in [0.1, 0.15) is 17.4 Å². The number of esters is 1. The van der Waals surface area contributed by atoms with Crippen LogP contribution in [-0.2, 0) is 20.9 Å². The standard InChI is InChI=1S/C15H11NO6/c17-13-12(11-7-4-8-20-11)16(15(19)22-13)14(18)21-9-10-5-2-1-3-6-10/h1-8,12H,9H2. The van der Waals surface area contributed by atoms with Gasteiger partial charge in [0.05, 0.1) is 6.26 Å². The maximum absolute atomic E-state index is 12.1. The lowest BCUT2D eigenvalue weighted by Crippen LogP contribution is -2.35. The Morgan fingerprint density at radius 2 is 1.91 bits per heavy atom. The summed E-state index contributed by atoms with van der Waals surface area (Å²) in [5, 5.41) is 0. The van der Waals surface area contributed by atoms with Crippen LogP contribution in [0.4, 0.5) is 9.59 Å². The highest BCUT2D eigenvalue weighted by Crippen LogP contribution is 2.30. The van der Waals surface area contributed by atoms with Gasteiger partial charge in [0, 0.05) is 0 Å². The molecule has 1 atom stereocenters. The van der Waals surface area contributed by atoms with Crippen molar-refractivity contribution in [2.75, 3.05) is 0 Å². The second-order valence-electron chi connectivity index (χ2n) is 4.52. The van der Waals surface area contributed by atoms with E-state index >= 15 is 0 Å². The number of rotatable bonds is 3. The molecule has 1 unspecified atom stereocenters. The van der Waals surface area contributed by atoms with E-state index in [9.17, 15) is 14.4 Å². The third kappa shape index (κ3) is 2.56. The average molecular weight is 301 g/mol. The first kappa shape index (κ1) is 13.9. The maximum atomic E-state index is 12.1. The van der Waals surface area contributed by atoms with E-state index in [1.165, 1.54) is 12.3 Å². The quantitative estimate of drug-likeness (QED) is 0.640. The molecule has 1 aliphatic rings. The predicted octanol–water partition coefficient (Wildman–Crippen LogP) is 2.64. The largest absolute Gasteiger partial charge is 0.466 e. The van der Waals surface area contributed by atoms with Gasteiger partial charge in [0.25, 0.3) is 0 Å². The number of furan rings is 1. The van der Waals surface area contributed by atoms with Crippen molar-refractivity contribution >= 4 is 18.2 Å². The van der Waals surface area contributed by atoms with Gasteiger partial charge in [-0.3, -0.25) is 0 Å². The van der Waals surface area contributed by atoms with Crippen LogP contribution in [0, 0.1) is 0 Å². The predicted molar refractivity (Wildman–Crippen MR) is 71.4 cm³/mol. The number of nitrogens with zero attached hydrogens (tertiary/aromatic N) is 1. The third-order valence-electron chi connectivity index (χ3n) is 3.08. The summed E-state index contributed by atoms with van der Waals surface area (Å²) < 4.78 is 14.6. The zero-order valence-corrected chi connectivity index (χ0v) is 11.3. The van der Waals surface area contributed by atoms with E-state index in [-0.39, 0.29) is 12.4 Å². The molecule has 3 rings (SSSR count). The number of hydrogen-bond acceptors (Lipinski definition) is 6. The number of imide groups is 1. The van der Waals surface area contributed by atoms with E-state index in [1.54, 1.807) is 30.3 Å². The average Bonchev–Trinajstić information content (AvgIpc) is 3.13. The highest BCUT2D eigenvalue weighted by Gasteiger charge is 2.48. The van der Waals surface area contributed by atoms with Crippen molar-refractivity contribution in [1.29, 1.82) is 0 Å². The SMILES string of the molecule is O=C1OC(=O)N(C(=O)OCc2ccccc2)C1c1ccco1. The lowest BCUT2D eigenvalue weighted by Gasteiger charge is -2.16. The first-order chi connectivity index (χ1) is 10.7. The van der Waals surface area contributed by atoms with Gasteiger partial charge in [-0.25, -0.2) is 14.4 Å². The van der Waals surface area contributed by atoms with Gasteiger partial charge in [0.1, 0.15) is 12.4 Å². The van der Waals surface area contributed by atoms with Crippen molar-refractivity contribution in [2.45, 2.75) is 12.6 Å². The van der Waals surface area contributed by atoms with Crippen LogP contribution in [0.15, 0.2) is 53.1 Å².